The van der Waals surface area contributed by atoms with Gasteiger partial charge in [0, 0.05) is 12.1 Å². The number of aryl methyl sites for hydroxylation is 1. The molecule has 6 nitrogen and oxygen atoms in total. The summed E-state index contributed by atoms with van der Waals surface area (Å²) in [4.78, 5) is 11.7. The van der Waals surface area contributed by atoms with E-state index in [1.54, 1.807) is 18.2 Å². The number of aliphatic hydroxyl groups is 1. The molecule has 8 heteroatoms. The molecule has 0 saturated carbocycles. The molecule has 2 aromatic rings. The molecule has 2 aromatic carbocycles. The quantitative estimate of drug-likeness (QED) is 0.759. The minimum Gasteiger partial charge on any atom is -0.392 e. The zero-order chi connectivity index (χ0) is 18.0. The van der Waals surface area contributed by atoms with Crippen molar-refractivity contribution in [2.24, 2.45) is 0 Å². The summed E-state index contributed by atoms with van der Waals surface area (Å²) < 4.78 is 27.8. The third-order valence-corrected chi connectivity index (χ3v) is 5.66. The Labute approximate surface area is 150 Å². The summed E-state index contributed by atoms with van der Waals surface area (Å²) in [6.45, 7) is -0.218. The molecule has 0 unspecified atom stereocenters. The van der Waals surface area contributed by atoms with E-state index < -0.39 is 10.0 Å². The number of sulfonamides is 1. The van der Waals surface area contributed by atoms with Crippen LogP contribution in [-0.2, 0) is 27.8 Å². The number of anilines is 2. The summed E-state index contributed by atoms with van der Waals surface area (Å²) in [6.07, 6.45) is 1.71. The van der Waals surface area contributed by atoms with E-state index in [4.69, 9.17) is 11.6 Å². The van der Waals surface area contributed by atoms with E-state index in [2.05, 4.69) is 10.0 Å². The number of aliphatic hydroxyl groups excluding tert-OH is 1. The average molecular weight is 381 g/mol. The molecule has 0 saturated heterocycles. The number of amides is 1. The van der Waals surface area contributed by atoms with E-state index in [1.807, 2.05) is 0 Å². The smallest absolute Gasteiger partial charge is 0.261 e. The number of carbonyl (C=O) groups is 1. The molecule has 0 fully saturated rings. The summed E-state index contributed by atoms with van der Waals surface area (Å²) in [6, 6.07) is 9.23. The molecule has 0 radical (unpaired) electrons. The van der Waals surface area contributed by atoms with Crippen molar-refractivity contribution in [3.05, 3.63) is 52.5 Å². The van der Waals surface area contributed by atoms with Gasteiger partial charge < -0.3 is 10.4 Å². The highest BCUT2D eigenvalue weighted by molar-refractivity contribution is 7.92. The first-order chi connectivity index (χ1) is 11.9. The summed E-state index contributed by atoms with van der Waals surface area (Å²) in [5.41, 5.74) is 2.17. The molecule has 1 heterocycles. The van der Waals surface area contributed by atoms with E-state index in [9.17, 15) is 18.3 Å². The van der Waals surface area contributed by atoms with Crippen molar-refractivity contribution >= 4 is 38.9 Å². The van der Waals surface area contributed by atoms with Gasteiger partial charge >= 0.3 is 0 Å². The van der Waals surface area contributed by atoms with E-state index in [0.29, 0.717) is 30.5 Å². The van der Waals surface area contributed by atoms with Gasteiger partial charge in [-0.3, -0.25) is 9.52 Å². The van der Waals surface area contributed by atoms with Gasteiger partial charge in [-0.2, -0.15) is 0 Å². The molecule has 0 bridgehead atoms. The van der Waals surface area contributed by atoms with Crippen LogP contribution in [0.25, 0.3) is 0 Å². The lowest BCUT2D eigenvalue weighted by molar-refractivity contribution is -0.116. The molecule has 0 aromatic heterocycles. The van der Waals surface area contributed by atoms with Gasteiger partial charge in [0.25, 0.3) is 10.0 Å². The van der Waals surface area contributed by atoms with Crippen molar-refractivity contribution in [3.8, 4) is 0 Å². The van der Waals surface area contributed by atoms with Crippen LogP contribution in [0.1, 0.15) is 24.0 Å². The maximum Gasteiger partial charge on any atom is 0.261 e. The van der Waals surface area contributed by atoms with Gasteiger partial charge in [0.1, 0.15) is 0 Å². The number of hydrogen-bond donors (Lipinski definition) is 3. The minimum atomic E-state index is -3.85. The Morgan fingerprint density at radius 3 is 2.72 bits per heavy atom. The highest BCUT2D eigenvalue weighted by Crippen LogP contribution is 2.29. The van der Waals surface area contributed by atoms with Gasteiger partial charge in [-0.25, -0.2) is 8.42 Å². The van der Waals surface area contributed by atoms with E-state index >= 15 is 0 Å². The van der Waals surface area contributed by atoms with Gasteiger partial charge in [0.2, 0.25) is 5.91 Å². The van der Waals surface area contributed by atoms with Crippen LogP contribution in [0.5, 0.6) is 0 Å². The normalized spacial score (nSPS) is 14.4. The largest absolute Gasteiger partial charge is 0.392 e. The first kappa shape index (κ1) is 17.7. The van der Waals surface area contributed by atoms with E-state index in [-0.39, 0.29) is 28.1 Å². The Kier molecular flexibility index (Phi) is 4.99. The standard InChI is InChI=1S/C17H17ClN2O4S/c18-14-6-4-11(10-21)8-16(14)20-25(23,24)13-5-7-15-12(9-13)2-1-3-17(22)19-15/h4-9,20-21H,1-3,10H2,(H,19,22). The van der Waals surface area contributed by atoms with Gasteiger partial charge in [-0.15, -0.1) is 0 Å². The molecule has 1 amide bonds. The van der Waals surface area contributed by atoms with Crippen LogP contribution < -0.4 is 10.0 Å². The van der Waals surface area contributed by atoms with Crippen molar-refractivity contribution in [3.63, 3.8) is 0 Å². The second kappa shape index (κ2) is 7.03. The number of nitrogens with one attached hydrogen (secondary N) is 2. The zero-order valence-electron chi connectivity index (χ0n) is 13.3. The van der Waals surface area contributed by atoms with Crippen molar-refractivity contribution < 1.29 is 18.3 Å². The SMILES string of the molecule is O=C1CCCc2cc(S(=O)(=O)Nc3cc(CO)ccc3Cl)ccc2N1. The Morgan fingerprint density at radius 2 is 1.96 bits per heavy atom. The van der Waals surface area contributed by atoms with Crippen LogP contribution >= 0.6 is 11.6 Å². The first-order valence-electron chi connectivity index (χ1n) is 7.74. The Morgan fingerprint density at radius 1 is 1.16 bits per heavy atom. The maximum absolute atomic E-state index is 12.7. The molecular formula is C17H17ClN2O4S. The fourth-order valence-electron chi connectivity index (χ4n) is 2.67. The molecule has 1 aliphatic rings. The lowest BCUT2D eigenvalue weighted by atomic mass is 10.1. The third-order valence-electron chi connectivity index (χ3n) is 3.97. The number of halogens is 1. The second-order valence-corrected chi connectivity index (χ2v) is 7.89. The van der Waals surface area contributed by atoms with Crippen LogP contribution in [0.2, 0.25) is 5.02 Å². The van der Waals surface area contributed by atoms with E-state index in [0.717, 1.165) is 5.56 Å². The fraction of sp³-hybridized carbons (Fsp3) is 0.235. The lowest BCUT2D eigenvalue weighted by Crippen LogP contribution is -2.14. The number of rotatable bonds is 4. The lowest BCUT2D eigenvalue weighted by Gasteiger charge is -2.13. The van der Waals surface area contributed by atoms with Crippen molar-refractivity contribution in [1.82, 2.24) is 0 Å². The Bertz CT molecular complexity index is 928. The molecule has 3 rings (SSSR count). The Balaban J connectivity index is 1.93. The average Bonchev–Trinajstić information content (AvgIpc) is 2.76. The second-order valence-electron chi connectivity index (χ2n) is 5.80. The fourth-order valence-corrected chi connectivity index (χ4v) is 4.01. The summed E-state index contributed by atoms with van der Waals surface area (Å²) in [5, 5.41) is 12.2. The number of benzene rings is 2. The van der Waals surface area contributed by atoms with Crippen LogP contribution in [-0.4, -0.2) is 19.4 Å². The molecular weight excluding hydrogens is 364 g/mol. The predicted molar refractivity (Wildman–Crippen MR) is 96.2 cm³/mol. The Hall–Kier alpha value is -2.09. The van der Waals surface area contributed by atoms with Crippen molar-refractivity contribution in [2.45, 2.75) is 30.8 Å². The third kappa shape index (κ3) is 3.95. The molecule has 3 N–H and O–H groups in total. The van der Waals surface area contributed by atoms with Gasteiger partial charge in [-0.05, 0) is 54.3 Å². The summed E-state index contributed by atoms with van der Waals surface area (Å²) in [5.74, 6) is -0.0694. The van der Waals surface area contributed by atoms with Gasteiger partial charge in [0.05, 0.1) is 22.2 Å². The predicted octanol–water partition coefficient (Wildman–Crippen LogP) is 2.91. The number of fused-ring (bicyclic) bond motifs is 1. The molecule has 0 atom stereocenters. The molecule has 0 aliphatic carbocycles. The van der Waals surface area contributed by atoms with Crippen LogP contribution in [0, 0.1) is 0 Å². The monoisotopic (exact) mass is 380 g/mol. The van der Waals surface area contributed by atoms with Crippen LogP contribution in [0.3, 0.4) is 0 Å². The van der Waals surface area contributed by atoms with Crippen LogP contribution in [0.4, 0.5) is 11.4 Å². The molecule has 0 spiro atoms. The summed E-state index contributed by atoms with van der Waals surface area (Å²) >= 11 is 6.04. The zero-order valence-corrected chi connectivity index (χ0v) is 14.8. The first-order valence-corrected chi connectivity index (χ1v) is 9.60. The molecule has 25 heavy (non-hydrogen) atoms. The van der Waals surface area contributed by atoms with E-state index in [1.165, 1.54) is 18.2 Å². The van der Waals surface area contributed by atoms with Gasteiger partial charge in [0.15, 0.2) is 0 Å². The highest BCUT2D eigenvalue weighted by atomic mass is 35.5. The maximum atomic E-state index is 12.7. The highest BCUT2D eigenvalue weighted by Gasteiger charge is 2.20. The topological polar surface area (TPSA) is 95.5 Å². The summed E-state index contributed by atoms with van der Waals surface area (Å²) in [7, 11) is -3.85. The number of carbonyl (C=O) groups excluding carboxylic acids is 1. The van der Waals surface area contributed by atoms with Crippen LogP contribution in [0.15, 0.2) is 41.3 Å². The van der Waals surface area contributed by atoms with Crippen molar-refractivity contribution in [2.75, 3.05) is 10.0 Å². The number of hydrogen-bond acceptors (Lipinski definition) is 4. The molecule has 132 valence electrons. The molecule has 1 aliphatic heterocycles. The van der Waals surface area contributed by atoms with Gasteiger partial charge in [-0.1, -0.05) is 17.7 Å². The minimum absolute atomic E-state index is 0.0694. The van der Waals surface area contributed by atoms with Crippen molar-refractivity contribution in [1.29, 1.82) is 0 Å².